The molecule has 0 unspecified atom stereocenters. The van der Waals surface area contributed by atoms with Gasteiger partial charge in [-0.25, -0.2) is 0 Å². The molecule has 0 bridgehead atoms. The molecular formula is C8H19NOSi. The van der Waals surface area contributed by atoms with E-state index in [2.05, 4.69) is 31.7 Å². The first-order valence-electron chi connectivity index (χ1n) is 4.20. The van der Waals surface area contributed by atoms with Gasteiger partial charge in [0.05, 0.1) is 8.07 Å². The number of hydrogen-bond acceptors (Lipinski definition) is 2. The molecule has 3 heteroatoms. The van der Waals surface area contributed by atoms with Gasteiger partial charge >= 0.3 is 0 Å². The highest BCUT2D eigenvalue weighted by atomic mass is 28.3. The van der Waals surface area contributed by atoms with Crippen molar-refractivity contribution in [1.29, 1.82) is 0 Å². The Balaban J connectivity index is 3.27. The van der Waals surface area contributed by atoms with E-state index < -0.39 is 8.07 Å². The van der Waals surface area contributed by atoms with Crippen LogP contribution in [0.3, 0.4) is 0 Å². The van der Waals surface area contributed by atoms with Gasteiger partial charge in [0, 0.05) is 6.21 Å². The molecule has 0 aromatic heterocycles. The zero-order valence-electron chi connectivity index (χ0n) is 8.05. The molecule has 0 aromatic carbocycles. The van der Waals surface area contributed by atoms with Crippen LogP contribution in [0.25, 0.3) is 0 Å². The second-order valence-corrected chi connectivity index (χ2v) is 9.32. The molecule has 0 aromatic rings. The third kappa shape index (κ3) is 9.69. The van der Waals surface area contributed by atoms with Crippen molar-refractivity contribution in [3.63, 3.8) is 0 Å². The molecule has 0 spiro atoms. The number of rotatable bonds is 5. The molecule has 0 atom stereocenters. The lowest BCUT2D eigenvalue weighted by atomic mass is 10.4. The standard InChI is InChI=1S/C8H19NOSi/c1-5-6-7-9-10-8-11(2,3)4/h7H,5-6,8H2,1-4H3. The van der Waals surface area contributed by atoms with E-state index in [4.69, 9.17) is 4.84 Å². The molecule has 0 aliphatic carbocycles. The van der Waals surface area contributed by atoms with E-state index in [9.17, 15) is 0 Å². The molecule has 0 aliphatic heterocycles. The number of unbranched alkanes of at least 4 members (excludes halogenated alkanes) is 1. The fourth-order valence-corrected chi connectivity index (χ4v) is 0.927. The van der Waals surface area contributed by atoms with Crippen LogP contribution in [0, 0.1) is 0 Å². The van der Waals surface area contributed by atoms with Gasteiger partial charge < -0.3 is 4.84 Å². The fourth-order valence-electron chi connectivity index (χ4n) is 0.465. The Morgan fingerprint density at radius 2 is 2.00 bits per heavy atom. The Morgan fingerprint density at radius 1 is 1.36 bits per heavy atom. The van der Waals surface area contributed by atoms with E-state index in [-0.39, 0.29) is 0 Å². The van der Waals surface area contributed by atoms with Crippen LogP contribution in [0.1, 0.15) is 19.8 Å². The molecule has 0 amide bonds. The lowest BCUT2D eigenvalue weighted by Gasteiger charge is -2.12. The minimum Gasteiger partial charge on any atom is -0.400 e. The van der Waals surface area contributed by atoms with E-state index >= 15 is 0 Å². The molecule has 0 fully saturated rings. The van der Waals surface area contributed by atoms with Crippen molar-refractivity contribution in [2.45, 2.75) is 39.4 Å². The number of nitrogens with zero attached hydrogens (tertiary/aromatic N) is 1. The second kappa shape index (κ2) is 5.35. The Bertz CT molecular complexity index is 118. The lowest BCUT2D eigenvalue weighted by Crippen LogP contribution is -2.26. The van der Waals surface area contributed by atoms with E-state index in [1.165, 1.54) is 0 Å². The monoisotopic (exact) mass is 173 g/mol. The van der Waals surface area contributed by atoms with Crippen molar-refractivity contribution in [2.24, 2.45) is 5.16 Å². The van der Waals surface area contributed by atoms with Gasteiger partial charge in [0.2, 0.25) is 0 Å². The van der Waals surface area contributed by atoms with Crippen LogP contribution in [0.5, 0.6) is 0 Å². The van der Waals surface area contributed by atoms with Gasteiger partial charge in [-0.15, -0.1) is 0 Å². The van der Waals surface area contributed by atoms with Crippen LogP contribution in [0.4, 0.5) is 0 Å². The van der Waals surface area contributed by atoms with Gasteiger partial charge in [0.1, 0.15) is 6.23 Å². The minimum atomic E-state index is -1.05. The highest BCUT2D eigenvalue weighted by molar-refractivity contribution is 6.76. The minimum absolute atomic E-state index is 0.827. The molecule has 0 saturated heterocycles. The van der Waals surface area contributed by atoms with E-state index in [0.29, 0.717) is 0 Å². The summed E-state index contributed by atoms with van der Waals surface area (Å²) in [6.07, 6.45) is 4.83. The molecule has 0 heterocycles. The average molecular weight is 173 g/mol. The fraction of sp³-hybridized carbons (Fsp3) is 0.875. The molecular weight excluding hydrogens is 154 g/mol. The zero-order chi connectivity index (χ0) is 8.74. The summed E-state index contributed by atoms with van der Waals surface area (Å²) >= 11 is 0. The van der Waals surface area contributed by atoms with E-state index in [1.807, 2.05) is 6.21 Å². The van der Waals surface area contributed by atoms with Crippen LogP contribution < -0.4 is 0 Å². The maximum atomic E-state index is 5.13. The topological polar surface area (TPSA) is 21.6 Å². The molecule has 2 nitrogen and oxygen atoms in total. The van der Waals surface area contributed by atoms with Gasteiger partial charge in [0.15, 0.2) is 0 Å². The van der Waals surface area contributed by atoms with Crippen molar-refractivity contribution < 1.29 is 4.84 Å². The number of oxime groups is 1. The number of hydrogen-bond donors (Lipinski definition) is 0. The first kappa shape index (κ1) is 10.7. The zero-order valence-corrected chi connectivity index (χ0v) is 9.05. The van der Waals surface area contributed by atoms with Gasteiger partial charge in [0.25, 0.3) is 0 Å². The summed E-state index contributed by atoms with van der Waals surface area (Å²) in [5.41, 5.74) is 0. The molecule has 0 aliphatic rings. The Kier molecular flexibility index (Phi) is 5.20. The first-order valence-corrected chi connectivity index (χ1v) is 7.91. The summed E-state index contributed by atoms with van der Waals surface area (Å²) < 4.78 is 0. The van der Waals surface area contributed by atoms with Crippen molar-refractivity contribution in [3.05, 3.63) is 0 Å². The summed E-state index contributed by atoms with van der Waals surface area (Å²) in [4.78, 5) is 5.13. The molecule has 66 valence electrons. The molecule has 0 saturated carbocycles. The van der Waals surface area contributed by atoms with Crippen LogP contribution in [0.2, 0.25) is 19.6 Å². The highest BCUT2D eigenvalue weighted by Gasteiger charge is 2.13. The quantitative estimate of drug-likeness (QED) is 0.356. The van der Waals surface area contributed by atoms with Crippen molar-refractivity contribution in [3.8, 4) is 0 Å². The summed E-state index contributed by atoms with van der Waals surface area (Å²) in [6.45, 7) is 8.93. The van der Waals surface area contributed by atoms with Gasteiger partial charge in [-0.3, -0.25) is 0 Å². The van der Waals surface area contributed by atoms with Crippen LogP contribution in [-0.2, 0) is 4.84 Å². The second-order valence-electron chi connectivity index (χ2n) is 3.91. The van der Waals surface area contributed by atoms with Crippen molar-refractivity contribution in [2.75, 3.05) is 6.23 Å². The van der Waals surface area contributed by atoms with Crippen molar-refractivity contribution in [1.82, 2.24) is 0 Å². The predicted molar refractivity (Wildman–Crippen MR) is 52.7 cm³/mol. The maximum absolute atomic E-state index is 5.13. The van der Waals surface area contributed by atoms with Gasteiger partial charge in [-0.2, -0.15) is 0 Å². The van der Waals surface area contributed by atoms with E-state index in [0.717, 1.165) is 19.1 Å². The third-order valence-electron chi connectivity index (χ3n) is 1.06. The highest BCUT2D eigenvalue weighted by Crippen LogP contribution is 2.00. The molecule has 11 heavy (non-hydrogen) atoms. The largest absolute Gasteiger partial charge is 0.400 e. The van der Waals surface area contributed by atoms with Crippen LogP contribution in [0.15, 0.2) is 5.16 Å². The smallest absolute Gasteiger partial charge is 0.104 e. The maximum Gasteiger partial charge on any atom is 0.104 e. The van der Waals surface area contributed by atoms with Gasteiger partial charge in [-0.1, -0.05) is 38.1 Å². The predicted octanol–water partition coefficient (Wildman–Crippen LogP) is 2.67. The normalized spacial score (nSPS) is 12.4. The average Bonchev–Trinajstić information content (AvgIpc) is 1.85. The summed E-state index contributed by atoms with van der Waals surface area (Å²) in [7, 11) is -1.05. The third-order valence-corrected chi connectivity index (χ3v) is 2.06. The van der Waals surface area contributed by atoms with Crippen LogP contribution >= 0.6 is 0 Å². The molecule has 0 rings (SSSR count). The van der Waals surface area contributed by atoms with Crippen molar-refractivity contribution >= 4 is 14.3 Å². The summed E-state index contributed by atoms with van der Waals surface area (Å²) in [6, 6.07) is 0. The lowest BCUT2D eigenvalue weighted by molar-refractivity contribution is 0.187. The first-order chi connectivity index (χ1) is 5.06. The SMILES string of the molecule is CCCC=NOC[Si](C)(C)C. The Labute approximate surface area is 70.6 Å². The Hall–Kier alpha value is -0.313. The van der Waals surface area contributed by atoms with E-state index in [1.54, 1.807) is 0 Å². The summed E-state index contributed by atoms with van der Waals surface area (Å²) in [5.74, 6) is 0. The van der Waals surface area contributed by atoms with Crippen LogP contribution in [-0.4, -0.2) is 20.5 Å². The molecule has 0 N–H and O–H groups in total. The Morgan fingerprint density at radius 3 is 2.45 bits per heavy atom. The molecule has 0 radical (unpaired) electrons. The van der Waals surface area contributed by atoms with Gasteiger partial charge in [-0.05, 0) is 6.42 Å². The summed E-state index contributed by atoms with van der Waals surface area (Å²) in [5, 5.41) is 3.86.